The summed E-state index contributed by atoms with van der Waals surface area (Å²) in [7, 11) is 0. The highest BCUT2D eigenvalue weighted by molar-refractivity contribution is 5.74. The molecular weight excluding hydrogens is 212 g/mol. The monoisotopic (exact) mass is 230 g/mol. The molecule has 0 spiro atoms. The summed E-state index contributed by atoms with van der Waals surface area (Å²) in [5.74, 6) is 0.190. The predicted octanol–water partition coefficient (Wildman–Crippen LogP) is 3.02. The molecule has 0 heterocycles. The van der Waals surface area contributed by atoms with Crippen LogP contribution in [0.15, 0.2) is 18.2 Å². The molecule has 1 fully saturated rings. The average Bonchev–Trinajstić information content (AvgIpc) is 3.20. The van der Waals surface area contributed by atoms with Crippen molar-refractivity contribution in [1.29, 1.82) is 0 Å². The molecule has 0 aromatic heterocycles. The van der Waals surface area contributed by atoms with Crippen molar-refractivity contribution < 1.29 is 9.53 Å². The molecule has 0 saturated heterocycles. The van der Waals surface area contributed by atoms with Gasteiger partial charge < -0.3 is 4.74 Å². The van der Waals surface area contributed by atoms with Crippen molar-refractivity contribution in [2.24, 2.45) is 5.92 Å². The Morgan fingerprint density at radius 2 is 1.94 bits per heavy atom. The second kappa shape index (κ2) is 4.52. The number of rotatable bonds is 3. The van der Waals surface area contributed by atoms with Gasteiger partial charge in [0.05, 0.1) is 5.92 Å². The van der Waals surface area contributed by atoms with Crippen molar-refractivity contribution >= 4 is 5.97 Å². The lowest BCUT2D eigenvalue weighted by atomic mass is 9.90. The third-order valence-corrected chi connectivity index (χ3v) is 3.70. The Bertz CT molecular complexity index is 433. The van der Waals surface area contributed by atoms with E-state index in [0.29, 0.717) is 6.61 Å². The van der Waals surface area contributed by atoms with Gasteiger partial charge in [0, 0.05) is 0 Å². The molecule has 1 aromatic rings. The van der Waals surface area contributed by atoms with E-state index in [9.17, 15) is 4.79 Å². The largest absolute Gasteiger partial charge is 0.461 e. The second-order valence-corrected chi connectivity index (χ2v) is 5.19. The van der Waals surface area contributed by atoms with Gasteiger partial charge in [-0.05, 0) is 55.2 Å². The number of esters is 1. The average molecular weight is 230 g/mol. The number of fused-ring (bicyclic) bond motifs is 1. The summed E-state index contributed by atoms with van der Waals surface area (Å²) in [4.78, 5) is 11.4. The first-order valence-corrected chi connectivity index (χ1v) is 6.60. The first kappa shape index (κ1) is 10.8. The van der Waals surface area contributed by atoms with E-state index in [1.165, 1.54) is 36.8 Å². The number of benzene rings is 1. The molecule has 0 atom stereocenters. The lowest BCUT2D eigenvalue weighted by molar-refractivity contribution is -0.146. The number of carbonyl (C=O) groups excluding carboxylic acids is 1. The van der Waals surface area contributed by atoms with Crippen molar-refractivity contribution in [2.45, 2.75) is 45.1 Å². The summed E-state index contributed by atoms with van der Waals surface area (Å²) < 4.78 is 5.30. The summed E-state index contributed by atoms with van der Waals surface area (Å²) in [5, 5.41) is 0. The Hall–Kier alpha value is -1.31. The Morgan fingerprint density at radius 3 is 2.71 bits per heavy atom. The maximum Gasteiger partial charge on any atom is 0.309 e. The van der Waals surface area contributed by atoms with Crippen molar-refractivity contribution in [2.75, 3.05) is 0 Å². The Balaban J connectivity index is 1.64. The molecule has 0 N–H and O–H groups in total. The Labute approximate surface area is 102 Å². The van der Waals surface area contributed by atoms with Gasteiger partial charge in [-0.2, -0.15) is 0 Å². The maximum absolute atomic E-state index is 11.4. The molecule has 0 aliphatic heterocycles. The van der Waals surface area contributed by atoms with E-state index < -0.39 is 0 Å². The van der Waals surface area contributed by atoms with Crippen LogP contribution in [0.25, 0.3) is 0 Å². The minimum atomic E-state index is -0.0114. The maximum atomic E-state index is 11.4. The van der Waals surface area contributed by atoms with Gasteiger partial charge in [-0.15, -0.1) is 0 Å². The fourth-order valence-electron chi connectivity index (χ4n) is 2.47. The summed E-state index contributed by atoms with van der Waals surface area (Å²) in [5.41, 5.74) is 4.07. The predicted molar refractivity (Wildman–Crippen MR) is 65.6 cm³/mol. The summed E-state index contributed by atoms with van der Waals surface area (Å²) in [6.07, 6.45) is 7.02. The number of carbonyl (C=O) groups is 1. The fraction of sp³-hybridized carbons (Fsp3) is 0.533. The van der Waals surface area contributed by atoms with Crippen LogP contribution in [0.2, 0.25) is 0 Å². The van der Waals surface area contributed by atoms with Gasteiger partial charge in [0.25, 0.3) is 0 Å². The molecule has 2 heteroatoms. The van der Waals surface area contributed by atoms with E-state index in [1.807, 2.05) is 0 Å². The third-order valence-electron chi connectivity index (χ3n) is 3.70. The SMILES string of the molecule is O=C(OCc1ccc2c(c1)CCCC2)C1CC1. The first-order chi connectivity index (χ1) is 8.33. The van der Waals surface area contributed by atoms with Crippen molar-refractivity contribution in [3.05, 3.63) is 34.9 Å². The van der Waals surface area contributed by atoms with Gasteiger partial charge in [-0.1, -0.05) is 18.2 Å². The summed E-state index contributed by atoms with van der Waals surface area (Å²) >= 11 is 0. The lowest BCUT2D eigenvalue weighted by Gasteiger charge is -2.16. The van der Waals surface area contributed by atoms with E-state index in [0.717, 1.165) is 18.4 Å². The van der Waals surface area contributed by atoms with Crippen molar-refractivity contribution in [1.82, 2.24) is 0 Å². The van der Waals surface area contributed by atoms with Crippen LogP contribution in [0, 0.1) is 5.92 Å². The molecule has 2 aliphatic rings. The smallest absolute Gasteiger partial charge is 0.309 e. The highest BCUT2D eigenvalue weighted by atomic mass is 16.5. The summed E-state index contributed by atoms with van der Waals surface area (Å²) in [6, 6.07) is 6.52. The molecule has 0 bridgehead atoms. The summed E-state index contributed by atoms with van der Waals surface area (Å²) in [6.45, 7) is 0.447. The van der Waals surface area contributed by atoms with Crippen LogP contribution in [0.4, 0.5) is 0 Å². The molecule has 1 saturated carbocycles. The zero-order valence-electron chi connectivity index (χ0n) is 10.1. The Morgan fingerprint density at radius 1 is 1.18 bits per heavy atom. The van der Waals surface area contributed by atoms with E-state index in [2.05, 4.69) is 18.2 Å². The highest BCUT2D eigenvalue weighted by Crippen LogP contribution is 2.30. The minimum Gasteiger partial charge on any atom is -0.461 e. The van der Waals surface area contributed by atoms with Crippen LogP contribution in [0.1, 0.15) is 42.4 Å². The third kappa shape index (κ3) is 2.51. The van der Waals surface area contributed by atoms with Crippen LogP contribution in [0.3, 0.4) is 0 Å². The van der Waals surface area contributed by atoms with Crippen LogP contribution in [-0.2, 0) is 29.0 Å². The standard InChI is InChI=1S/C15H18O2/c16-15(13-7-8-13)17-10-11-5-6-12-3-1-2-4-14(12)9-11/h5-6,9,13H,1-4,7-8,10H2. The number of hydrogen-bond donors (Lipinski definition) is 0. The van der Waals surface area contributed by atoms with Gasteiger partial charge in [0.15, 0.2) is 0 Å². The van der Waals surface area contributed by atoms with Crippen molar-refractivity contribution in [3.8, 4) is 0 Å². The van der Waals surface area contributed by atoms with Crippen molar-refractivity contribution in [3.63, 3.8) is 0 Å². The van der Waals surface area contributed by atoms with Gasteiger partial charge in [-0.3, -0.25) is 4.79 Å². The number of aryl methyl sites for hydroxylation is 2. The van der Waals surface area contributed by atoms with Crippen LogP contribution < -0.4 is 0 Å². The van der Waals surface area contributed by atoms with Gasteiger partial charge in [0.2, 0.25) is 0 Å². The fourth-order valence-corrected chi connectivity index (χ4v) is 2.47. The number of ether oxygens (including phenoxy) is 1. The molecule has 2 aliphatic carbocycles. The molecule has 0 amide bonds. The Kier molecular flexibility index (Phi) is 2.87. The quantitative estimate of drug-likeness (QED) is 0.746. The number of hydrogen-bond acceptors (Lipinski definition) is 2. The molecule has 2 nitrogen and oxygen atoms in total. The molecular formula is C15H18O2. The molecule has 3 rings (SSSR count). The van der Waals surface area contributed by atoms with Gasteiger partial charge in [0.1, 0.15) is 6.61 Å². The highest BCUT2D eigenvalue weighted by Gasteiger charge is 2.31. The first-order valence-electron chi connectivity index (χ1n) is 6.60. The van der Waals surface area contributed by atoms with Gasteiger partial charge in [-0.25, -0.2) is 0 Å². The topological polar surface area (TPSA) is 26.3 Å². The van der Waals surface area contributed by atoms with Crippen LogP contribution in [0.5, 0.6) is 0 Å². The molecule has 90 valence electrons. The molecule has 0 unspecified atom stereocenters. The zero-order valence-corrected chi connectivity index (χ0v) is 10.1. The van der Waals surface area contributed by atoms with Crippen LogP contribution in [-0.4, -0.2) is 5.97 Å². The van der Waals surface area contributed by atoms with Crippen LogP contribution >= 0.6 is 0 Å². The van der Waals surface area contributed by atoms with E-state index in [1.54, 1.807) is 0 Å². The van der Waals surface area contributed by atoms with E-state index in [4.69, 9.17) is 4.74 Å². The second-order valence-electron chi connectivity index (χ2n) is 5.19. The lowest BCUT2D eigenvalue weighted by Crippen LogP contribution is -2.08. The molecule has 17 heavy (non-hydrogen) atoms. The molecule has 1 aromatic carbocycles. The minimum absolute atomic E-state index is 0.0114. The zero-order chi connectivity index (χ0) is 11.7. The van der Waals surface area contributed by atoms with E-state index in [-0.39, 0.29) is 11.9 Å². The molecule has 0 radical (unpaired) electrons. The van der Waals surface area contributed by atoms with Gasteiger partial charge >= 0.3 is 5.97 Å². The van der Waals surface area contributed by atoms with E-state index >= 15 is 0 Å². The normalized spacial score (nSPS) is 18.6.